The van der Waals surface area contributed by atoms with Gasteiger partial charge in [-0.2, -0.15) is 0 Å². The highest BCUT2D eigenvalue weighted by Gasteiger charge is 2.11. The number of halogens is 1. The summed E-state index contributed by atoms with van der Waals surface area (Å²) in [5, 5.41) is 9.33. The highest BCUT2D eigenvalue weighted by molar-refractivity contribution is 7.19. The first-order valence-electron chi connectivity index (χ1n) is 9.66. The Morgan fingerprint density at radius 2 is 2.06 bits per heavy atom. The van der Waals surface area contributed by atoms with Gasteiger partial charge in [-0.3, -0.25) is 9.36 Å². The van der Waals surface area contributed by atoms with Crippen molar-refractivity contribution in [3.63, 3.8) is 0 Å². The maximum Gasteiger partial charge on any atom is 0.330 e. The van der Waals surface area contributed by atoms with Gasteiger partial charge in [0.15, 0.2) is 5.78 Å². The number of aliphatic hydroxyl groups excluding tert-OH is 1. The Hall–Kier alpha value is -3.39. The van der Waals surface area contributed by atoms with Crippen molar-refractivity contribution in [2.45, 2.75) is 6.61 Å². The van der Waals surface area contributed by atoms with Gasteiger partial charge >= 0.3 is 5.69 Å². The third-order valence-electron chi connectivity index (χ3n) is 4.87. The van der Waals surface area contributed by atoms with Gasteiger partial charge in [0.2, 0.25) is 0 Å². The normalized spacial score (nSPS) is 11.2. The fraction of sp³-hybridized carbons (Fsp3) is 0.0833. The van der Waals surface area contributed by atoms with Crippen molar-refractivity contribution in [1.82, 2.24) is 9.55 Å². The maximum absolute atomic E-state index is 12.7. The van der Waals surface area contributed by atoms with E-state index in [1.54, 1.807) is 60.8 Å². The van der Waals surface area contributed by atoms with Crippen LogP contribution >= 0.6 is 22.9 Å². The third kappa shape index (κ3) is 4.60. The van der Waals surface area contributed by atoms with E-state index in [0.29, 0.717) is 32.6 Å². The number of hydrogen-bond donors (Lipinski definition) is 2. The van der Waals surface area contributed by atoms with Crippen molar-refractivity contribution in [3.8, 4) is 22.0 Å². The number of carbonyl (C=O) groups excluding carboxylic acids is 1. The fourth-order valence-corrected chi connectivity index (χ4v) is 4.25. The maximum atomic E-state index is 12.7. The molecule has 162 valence electrons. The predicted octanol–water partition coefficient (Wildman–Crippen LogP) is 4.94. The standard InChI is InChI=1S/C24H19ClN2O4S/c1-31-21-11-15(5-7-17(21)14-28)6-8-20(29)16-3-2-4-18(12-16)27-13-19(26-24(27)30)22-9-10-23(25)32-22/h2-13,28H,14H2,1H3,(H,26,30). The molecule has 0 bridgehead atoms. The third-order valence-corrected chi connectivity index (χ3v) is 6.14. The molecular formula is C24H19ClN2O4S. The monoisotopic (exact) mass is 466 g/mol. The van der Waals surface area contributed by atoms with Crippen molar-refractivity contribution in [2.75, 3.05) is 7.11 Å². The van der Waals surface area contributed by atoms with Crippen LogP contribution in [0.15, 0.2) is 71.7 Å². The van der Waals surface area contributed by atoms with Gasteiger partial charge in [-0.25, -0.2) is 4.79 Å². The Kier molecular flexibility index (Phi) is 6.41. The second kappa shape index (κ2) is 9.40. The Labute approximate surface area is 193 Å². The number of nitrogens with zero attached hydrogens (tertiary/aromatic N) is 1. The van der Waals surface area contributed by atoms with Crippen LogP contribution in [0.3, 0.4) is 0 Å². The summed E-state index contributed by atoms with van der Waals surface area (Å²) in [5.74, 6) is 0.352. The number of ketones is 1. The summed E-state index contributed by atoms with van der Waals surface area (Å²) in [4.78, 5) is 28.9. The number of methoxy groups -OCH3 is 1. The number of carbonyl (C=O) groups is 1. The lowest BCUT2D eigenvalue weighted by atomic mass is 10.1. The zero-order valence-corrected chi connectivity index (χ0v) is 18.6. The summed E-state index contributed by atoms with van der Waals surface area (Å²) in [6, 6.07) is 15.8. The van der Waals surface area contributed by atoms with Gasteiger partial charge in [0.05, 0.1) is 34.3 Å². The van der Waals surface area contributed by atoms with E-state index in [4.69, 9.17) is 16.3 Å². The van der Waals surface area contributed by atoms with Crippen LogP contribution in [0.4, 0.5) is 0 Å². The van der Waals surface area contributed by atoms with Gasteiger partial charge in [0, 0.05) is 17.3 Å². The van der Waals surface area contributed by atoms with Crippen LogP contribution in [0.25, 0.3) is 22.3 Å². The molecule has 0 amide bonds. The molecule has 0 fully saturated rings. The molecule has 2 aromatic carbocycles. The lowest BCUT2D eigenvalue weighted by Gasteiger charge is -2.06. The molecule has 0 saturated carbocycles. The summed E-state index contributed by atoms with van der Waals surface area (Å²) in [7, 11) is 1.53. The smallest absolute Gasteiger partial charge is 0.330 e. The number of aromatic amines is 1. The number of allylic oxidation sites excluding steroid dienone is 1. The van der Waals surface area contributed by atoms with Crippen LogP contribution in [-0.4, -0.2) is 27.6 Å². The zero-order chi connectivity index (χ0) is 22.7. The fourth-order valence-electron chi connectivity index (χ4n) is 3.24. The highest BCUT2D eigenvalue weighted by Crippen LogP contribution is 2.29. The molecule has 0 aliphatic rings. The average molecular weight is 467 g/mol. The topological polar surface area (TPSA) is 84.3 Å². The summed E-state index contributed by atoms with van der Waals surface area (Å²) in [6.45, 7) is -0.126. The molecule has 0 saturated heterocycles. The number of hydrogen-bond acceptors (Lipinski definition) is 5. The first-order valence-corrected chi connectivity index (χ1v) is 10.9. The van der Waals surface area contributed by atoms with Crippen LogP contribution < -0.4 is 10.4 Å². The molecule has 0 unspecified atom stereocenters. The second-order valence-corrected chi connectivity index (χ2v) is 8.64. The molecule has 0 aliphatic carbocycles. The minimum absolute atomic E-state index is 0.126. The van der Waals surface area contributed by atoms with Crippen molar-refractivity contribution < 1.29 is 14.6 Å². The quantitative estimate of drug-likeness (QED) is 0.298. The summed E-state index contributed by atoms with van der Waals surface area (Å²) < 4.78 is 7.35. The Bertz CT molecular complexity index is 1370. The van der Waals surface area contributed by atoms with Crippen molar-refractivity contribution >= 4 is 34.8 Å². The molecule has 0 aliphatic heterocycles. The van der Waals surface area contributed by atoms with Gasteiger partial charge in [-0.05, 0) is 42.0 Å². The first-order chi connectivity index (χ1) is 15.5. The van der Waals surface area contributed by atoms with Gasteiger partial charge in [-0.15, -0.1) is 11.3 Å². The zero-order valence-electron chi connectivity index (χ0n) is 17.0. The number of aromatic nitrogens is 2. The molecule has 0 radical (unpaired) electrons. The van der Waals surface area contributed by atoms with Crippen molar-refractivity contribution in [2.24, 2.45) is 0 Å². The largest absolute Gasteiger partial charge is 0.496 e. The van der Waals surface area contributed by atoms with E-state index in [1.807, 2.05) is 6.07 Å². The van der Waals surface area contributed by atoms with E-state index in [2.05, 4.69) is 4.98 Å². The van der Waals surface area contributed by atoms with E-state index < -0.39 is 0 Å². The minimum atomic E-state index is -0.305. The molecule has 0 spiro atoms. The summed E-state index contributed by atoms with van der Waals surface area (Å²) >= 11 is 7.36. The van der Waals surface area contributed by atoms with Gasteiger partial charge in [0.1, 0.15) is 5.75 Å². The minimum Gasteiger partial charge on any atom is -0.496 e. The molecule has 4 rings (SSSR count). The Morgan fingerprint density at radius 1 is 1.22 bits per heavy atom. The van der Waals surface area contributed by atoms with Crippen LogP contribution in [0.5, 0.6) is 5.75 Å². The predicted molar refractivity (Wildman–Crippen MR) is 127 cm³/mol. The molecule has 4 aromatic rings. The lowest BCUT2D eigenvalue weighted by molar-refractivity contribution is 0.104. The SMILES string of the molecule is COc1cc(C=CC(=O)c2cccc(-n3cc(-c4ccc(Cl)s4)[nH]c3=O)c2)ccc1CO. The van der Waals surface area contributed by atoms with Crippen LogP contribution in [0.1, 0.15) is 21.5 Å². The van der Waals surface area contributed by atoms with Gasteiger partial charge < -0.3 is 14.8 Å². The molecular weight excluding hydrogens is 448 g/mol. The van der Waals surface area contributed by atoms with E-state index >= 15 is 0 Å². The average Bonchev–Trinajstić information content (AvgIpc) is 3.42. The molecule has 32 heavy (non-hydrogen) atoms. The number of rotatable bonds is 7. The number of H-pyrrole nitrogens is 1. The van der Waals surface area contributed by atoms with E-state index in [0.717, 1.165) is 10.4 Å². The number of imidazole rings is 1. The number of ether oxygens (including phenoxy) is 1. The van der Waals surface area contributed by atoms with E-state index in [1.165, 1.54) is 29.1 Å². The molecule has 2 aromatic heterocycles. The Balaban J connectivity index is 1.58. The number of benzene rings is 2. The van der Waals surface area contributed by atoms with Crippen LogP contribution in [0, 0.1) is 0 Å². The molecule has 2 N–H and O–H groups in total. The van der Waals surface area contributed by atoms with Crippen molar-refractivity contribution in [1.29, 1.82) is 0 Å². The first kappa shape index (κ1) is 21.8. The lowest BCUT2D eigenvalue weighted by Crippen LogP contribution is -2.14. The summed E-state index contributed by atoms with van der Waals surface area (Å²) in [5.41, 5.74) is 2.82. The molecule has 8 heteroatoms. The molecule has 0 atom stereocenters. The second-order valence-electron chi connectivity index (χ2n) is 6.92. The van der Waals surface area contributed by atoms with E-state index in [9.17, 15) is 14.7 Å². The van der Waals surface area contributed by atoms with E-state index in [-0.39, 0.29) is 18.1 Å². The highest BCUT2D eigenvalue weighted by atomic mass is 35.5. The number of nitrogens with one attached hydrogen (secondary N) is 1. The summed E-state index contributed by atoms with van der Waals surface area (Å²) in [6.07, 6.45) is 4.84. The number of thiophene rings is 1. The van der Waals surface area contributed by atoms with Crippen LogP contribution in [0.2, 0.25) is 4.34 Å². The van der Waals surface area contributed by atoms with Crippen LogP contribution in [-0.2, 0) is 6.61 Å². The van der Waals surface area contributed by atoms with Crippen molar-refractivity contribution in [3.05, 3.63) is 98.4 Å². The number of aliphatic hydroxyl groups is 1. The molecule has 2 heterocycles. The van der Waals surface area contributed by atoms with Gasteiger partial charge in [0.25, 0.3) is 0 Å². The van der Waals surface area contributed by atoms with Gasteiger partial charge in [-0.1, -0.05) is 41.9 Å². The molecule has 6 nitrogen and oxygen atoms in total. The Morgan fingerprint density at radius 3 is 2.78 bits per heavy atom.